The molecule has 5 aromatic heterocycles. The third-order valence-corrected chi connectivity index (χ3v) is 9.08. The third-order valence-electron chi connectivity index (χ3n) is 9.08. The van der Waals surface area contributed by atoms with E-state index in [1.54, 1.807) is 24.8 Å². The second-order valence-corrected chi connectivity index (χ2v) is 12.1. The van der Waals surface area contributed by atoms with Gasteiger partial charge in [0.05, 0.1) is 23.3 Å². The molecule has 10 nitrogen and oxygen atoms in total. The number of benzene rings is 1. The molecule has 8 rings (SSSR count). The number of carbonyl (C=O) groups is 1. The van der Waals surface area contributed by atoms with Crippen molar-refractivity contribution in [3.05, 3.63) is 73.1 Å². The molecule has 1 aromatic carbocycles. The van der Waals surface area contributed by atoms with Crippen molar-refractivity contribution in [2.45, 2.75) is 32.1 Å². The van der Waals surface area contributed by atoms with E-state index in [2.05, 4.69) is 40.3 Å². The molecule has 6 heterocycles. The number of anilines is 1. The normalized spacial score (nSPS) is 15.4. The molecule has 0 unspecified atom stereocenters. The van der Waals surface area contributed by atoms with Gasteiger partial charge in [0, 0.05) is 59.0 Å². The monoisotopic (exact) mass is 616 g/mol. The zero-order chi connectivity index (χ0) is 31.0. The number of nitrogens with zero attached hydrogens (tertiary/aromatic N) is 5. The van der Waals surface area contributed by atoms with Gasteiger partial charge >= 0.3 is 0 Å². The minimum atomic E-state index is -0.353. The number of fused-ring (bicyclic) bond motifs is 2. The molecule has 0 bridgehead atoms. The standard InChI is InChI=1S/C35H33FN8O2/c36-25-12-22(14-27(16-25)46-11-10-44-8-1-2-9-44)28-6-7-38-33-29(28)17-31(41-33)32-30-15-24(19-39-34(30)43-42-32)23-13-26(20-37-18-23)40-35(45)21-4-3-5-21/h6-7,12-21H,1-5,8-11H2,(H,38,41)(H,40,45)(H,39,42,43). The SMILES string of the molecule is O=C(Nc1cncc(-c2cnc3n[nH]c(-c4cc5c(-c6cc(F)cc(OCCN7CCCC7)c6)ccnc5[nH]4)c3c2)c1)C1CCC1. The Morgan fingerprint density at radius 1 is 0.957 bits per heavy atom. The van der Waals surface area contributed by atoms with Gasteiger partial charge in [0.15, 0.2) is 5.65 Å². The van der Waals surface area contributed by atoms with Gasteiger partial charge in [-0.05, 0) is 86.3 Å². The quantitative estimate of drug-likeness (QED) is 0.168. The number of pyridine rings is 3. The molecular weight excluding hydrogens is 583 g/mol. The van der Waals surface area contributed by atoms with Crippen LogP contribution >= 0.6 is 0 Å². The average molecular weight is 617 g/mol. The van der Waals surface area contributed by atoms with Crippen LogP contribution in [0.3, 0.4) is 0 Å². The van der Waals surface area contributed by atoms with Crippen molar-refractivity contribution in [1.82, 2.24) is 35.0 Å². The second-order valence-electron chi connectivity index (χ2n) is 12.1. The van der Waals surface area contributed by atoms with Gasteiger partial charge in [-0.3, -0.25) is 19.8 Å². The van der Waals surface area contributed by atoms with Crippen molar-refractivity contribution in [1.29, 1.82) is 0 Å². The van der Waals surface area contributed by atoms with Gasteiger partial charge in [0.2, 0.25) is 5.91 Å². The number of likely N-dealkylation sites (tertiary alicyclic amines) is 1. The average Bonchev–Trinajstić information content (AvgIpc) is 3.79. The van der Waals surface area contributed by atoms with E-state index < -0.39 is 0 Å². The van der Waals surface area contributed by atoms with Crippen molar-refractivity contribution in [3.8, 4) is 39.4 Å². The van der Waals surface area contributed by atoms with E-state index in [1.807, 2.05) is 30.3 Å². The highest BCUT2D eigenvalue weighted by atomic mass is 19.1. The summed E-state index contributed by atoms with van der Waals surface area (Å²) in [6.45, 7) is 3.54. The van der Waals surface area contributed by atoms with E-state index in [9.17, 15) is 9.18 Å². The first-order chi connectivity index (χ1) is 22.6. The van der Waals surface area contributed by atoms with Crippen LogP contribution in [0.5, 0.6) is 5.75 Å². The van der Waals surface area contributed by atoms with Gasteiger partial charge in [-0.15, -0.1) is 0 Å². The topological polar surface area (TPSA) is 125 Å². The van der Waals surface area contributed by atoms with Crippen molar-refractivity contribution in [2.24, 2.45) is 5.92 Å². The van der Waals surface area contributed by atoms with Crippen molar-refractivity contribution in [2.75, 3.05) is 31.6 Å². The van der Waals surface area contributed by atoms with Crippen LogP contribution in [0.2, 0.25) is 0 Å². The highest BCUT2D eigenvalue weighted by molar-refractivity contribution is 6.00. The Balaban J connectivity index is 1.09. The molecule has 1 aliphatic carbocycles. The highest BCUT2D eigenvalue weighted by Crippen LogP contribution is 2.36. The Kier molecular flexibility index (Phi) is 7.37. The molecule has 1 saturated heterocycles. The zero-order valence-corrected chi connectivity index (χ0v) is 25.2. The third kappa shape index (κ3) is 5.58. The fourth-order valence-corrected chi connectivity index (χ4v) is 6.36. The maximum absolute atomic E-state index is 14.8. The number of aromatic amines is 2. The highest BCUT2D eigenvalue weighted by Gasteiger charge is 2.25. The molecule has 6 aromatic rings. The Morgan fingerprint density at radius 2 is 1.83 bits per heavy atom. The summed E-state index contributed by atoms with van der Waals surface area (Å²) < 4.78 is 20.8. The number of rotatable bonds is 9. The van der Waals surface area contributed by atoms with Crippen molar-refractivity contribution >= 4 is 33.7 Å². The molecule has 0 atom stereocenters. The molecule has 11 heteroatoms. The Bertz CT molecular complexity index is 2060. The number of ether oxygens (including phenoxy) is 1. The predicted octanol–water partition coefficient (Wildman–Crippen LogP) is 6.58. The van der Waals surface area contributed by atoms with Gasteiger partial charge < -0.3 is 15.0 Å². The summed E-state index contributed by atoms with van der Waals surface area (Å²) in [7, 11) is 0. The van der Waals surface area contributed by atoms with E-state index in [-0.39, 0.29) is 17.6 Å². The molecule has 1 amide bonds. The first-order valence-electron chi connectivity index (χ1n) is 15.8. The lowest BCUT2D eigenvalue weighted by Crippen LogP contribution is -2.28. The molecule has 0 radical (unpaired) electrons. The maximum atomic E-state index is 14.8. The van der Waals surface area contributed by atoms with Crippen LogP contribution in [0.1, 0.15) is 32.1 Å². The van der Waals surface area contributed by atoms with Crippen LogP contribution in [0.25, 0.3) is 55.7 Å². The van der Waals surface area contributed by atoms with Crippen LogP contribution < -0.4 is 10.1 Å². The number of nitrogens with one attached hydrogen (secondary N) is 3. The fraction of sp³-hybridized carbons (Fsp3) is 0.286. The van der Waals surface area contributed by atoms with Gasteiger partial charge in [-0.2, -0.15) is 5.10 Å². The van der Waals surface area contributed by atoms with Crippen LogP contribution in [0.15, 0.2) is 67.3 Å². The van der Waals surface area contributed by atoms with Crippen molar-refractivity contribution in [3.63, 3.8) is 0 Å². The largest absolute Gasteiger partial charge is 0.492 e. The maximum Gasteiger partial charge on any atom is 0.227 e. The summed E-state index contributed by atoms with van der Waals surface area (Å²) in [5.74, 6) is 0.285. The number of carbonyl (C=O) groups excluding carboxylic acids is 1. The smallest absolute Gasteiger partial charge is 0.227 e. The minimum absolute atomic E-state index is 0.0437. The zero-order valence-electron chi connectivity index (χ0n) is 25.2. The van der Waals surface area contributed by atoms with E-state index in [4.69, 9.17) is 4.74 Å². The van der Waals surface area contributed by atoms with Crippen LogP contribution in [-0.4, -0.2) is 67.2 Å². The second kappa shape index (κ2) is 12.0. The number of halogens is 1. The molecule has 2 aliphatic rings. The van der Waals surface area contributed by atoms with Gasteiger partial charge in [0.1, 0.15) is 23.8 Å². The fourth-order valence-electron chi connectivity index (χ4n) is 6.36. The number of amides is 1. The summed E-state index contributed by atoms with van der Waals surface area (Å²) in [6, 6.07) is 12.6. The lowest BCUT2D eigenvalue weighted by molar-refractivity contribution is -0.122. The summed E-state index contributed by atoms with van der Waals surface area (Å²) in [5, 5.41) is 12.2. The molecule has 2 fully saturated rings. The van der Waals surface area contributed by atoms with Crippen LogP contribution in [0.4, 0.5) is 10.1 Å². The molecule has 1 saturated carbocycles. The lowest BCUT2D eigenvalue weighted by atomic mass is 9.85. The number of aromatic nitrogens is 6. The van der Waals surface area contributed by atoms with Gasteiger partial charge in [-0.1, -0.05) is 6.42 Å². The molecule has 3 N–H and O–H groups in total. The van der Waals surface area contributed by atoms with E-state index in [1.165, 1.54) is 25.0 Å². The Labute approximate surface area is 264 Å². The predicted molar refractivity (Wildman–Crippen MR) is 175 cm³/mol. The summed E-state index contributed by atoms with van der Waals surface area (Å²) in [4.78, 5) is 31.8. The van der Waals surface area contributed by atoms with E-state index >= 15 is 0 Å². The molecular formula is C35H33FN8O2. The summed E-state index contributed by atoms with van der Waals surface area (Å²) >= 11 is 0. The Hall–Kier alpha value is -5.16. The first-order valence-corrected chi connectivity index (χ1v) is 15.8. The number of H-pyrrole nitrogens is 2. The van der Waals surface area contributed by atoms with Gasteiger partial charge in [-0.25, -0.2) is 14.4 Å². The first kappa shape index (κ1) is 28.3. The molecule has 46 heavy (non-hydrogen) atoms. The number of hydrogen-bond donors (Lipinski definition) is 3. The summed E-state index contributed by atoms with van der Waals surface area (Å²) in [5.41, 5.74) is 6.64. The van der Waals surface area contributed by atoms with Crippen LogP contribution in [-0.2, 0) is 4.79 Å². The number of hydrogen-bond acceptors (Lipinski definition) is 7. The summed E-state index contributed by atoms with van der Waals surface area (Å²) in [6.07, 6.45) is 12.3. The lowest BCUT2D eigenvalue weighted by Gasteiger charge is -2.24. The molecule has 0 spiro atoms. The van der Waals surface area contributed by atoms with Crippen LogP contribution in [0, 0.1) is 11.7 Å². The minimum Gasteiger partial charge on any atom is -0.492 e. The van der Waals surface area contributed by atoms with E-state index in [0.29, 0.717) is 34.9 Å². The van der Waals surface area contributed by atoms with Gasteiger partial charge in [0.25, 0.3) is 0 Å². The Morgan fingerprint density at radius 3 is 2.67 bits per heavy atom. The van der Waals surface area contributed by atoms with E-state index in [0.717, 1.165) is 77.7 Å². The van der Waals surface area contributed by atoms with Crippen molar-refractivity contribution < 1.29 is 13.9 Å². The molecule has 232 valence electrons. The molecule has 1 aliphatic heterocycles.